The number of carboxylic acids is 1. The van der Waals surface area contributed by atoms with E-state index in [0.29, 0.717) is 0 Å². The summed E-state index contributed by atoms with van der Waals surface area (Å²) >= 11 is 0. The predicted octanol–water partition coefficient (Wildman–Crippen LogP) is -1.55. The summed E-state index contributed by atoms with van der Waals surface area (Å²) in [6.07, 6.45) is -0.323. The molecule has 0 spiro atoms. The Morgan fingerprint density at radius 1 is 1.38 bits per heavy atom. The second-order valence-corrected chi connectivity index (χ2v) is 3.48. The molecule has 0 bridgehead atoms. The molecular formula is C9H16N2O5. The number of nitrogens with two attached hydrogens (primary N) is 1. The maximum Gasteiger partial charge on any atom is 0.303 e. The van der Waals surface area contributed by atoms with Crippen molar-refractivity contribution in [1.82, 2.24) is 5.32 Å². The van der Waals surface area contributed by atoms with Crippen molar-refractivity contribution < 1.29 is 24.6 Å². The number of aliphatic carboxylic acids is 1. The van der Waals surface area contributed by atoms with Gasteiger partial charge in [-0.05, 0) is 6.42 Å². The smallest absolute Gasteiger partial charge is 0.303 e. The number of carbonyl (C=O) groups is 3. The van der Waals surface area contributed by atoms with Gasteiger partial charge in [0.05, 0.1) is 12.5 Å². The molecule has 0 radical (unpaired) electrons. The fourth-order valence-corrected chi connectivity index (χ4v) is 0.950. The van der Waals surface area contributed by atoms with Crippen LogP contribution in [0.1, 0.15) is 19.8 Å². The molecule has 2 atom stereocenters. The van der Waals surface area contributed by atoms with Gasteiger partial charge in [0.25, 0.3) is 0 Å². The van der Waals surface area contributed by atoms with Crippen molar-refractivity contribution in [2.24, 2.45) is 11.7 Å². The van der Waals surface area contributed by atoms with E-state index in [4.69, 9.17) is 15.9 Å². The van der Waals surface area contributed by atoms with Gasteiger partial charge in [-0.1, -0.05) is 6.92 Å². The van der Waals surface area contributed by atoms with E-state index in [9.17, 15) is 14.4 Å². The zero-order chi connectivity index (χ0) is 12.7. The van der Waals surface area contributed by atoms with Gasteiger partial charge in [-0.15, -0.1) is 0 Å². The first-order valence-electron chi connectivity index (χ1n) is 4.80. The Kier molecular flexibility index (Phi) is 6.09. The fourth-order valence-electron chi connectivity index (χ4n) is 0.950. The summed E-state index contributed by atoms with van der Waals surface area (Å²) in [5.41, 5.74) is 5.00. The zero-order valence-electron chi connectivity index (χ0n) is 8.97. The molecule has 2 unspecified atom stereocenters. The highest BCUT2D eigenvalue weighted by Crippen LogP contribution is 2.00. The van der Waals surface area contributed by atoms with Crippen LogP contribution >= 0.6 is 0 Å². The van der Waals surface area contributed by atoms with Crippen molar-refractivity contribution in [3.63, 3.8) is 0 Å². The van der Waals surface area contributed by atoms with Gasteiger partial charge in [-0.3, -0.25) is 14.4 Å². The molecule has 0 saturated carbocycles. The molecule has 92 valence electrons. The second-order valence-electron chi connectivity index (χ2n) is 3.48. The van der Waals surface area contributed by atoms with Crippen LogP contribution in [0.25, 0.3) is 0 Å². The van der Waals surface area contributed by atoms with Crippen molar-refractivity contribution in [3.05, 3.63) is 0 Å². The summed E-state index contributed by atoms with van der Waals surface area (Å²) in [4.78, 5) is 32.5. The molecule has 0 fully saturated rings. The van der Waals surface area contributed by atoms with Gasteiger partial charge >= 0.3 is 5.97 Å². The Labute approximate surface area is 92.6 Å². The third-order valence-electron chi connectivity index (χ3n) is 2.03. The van der Waals surface area contributed by atoms with E-state index in [1.54, 1.807) is 0 Å². The number of hydrogen-bond acceptors (Lipinski definition) is 4. The summed E-state index contributed by atoms with van der Waals surface area (Å²) in [7, 11) is 0. The number of aliphatic hydroxyl groups excluding tert-OH is 1. The number of primary amides is 1. The Morgan fingerprint density at radius 2 is 1.94 bits per heavy atom. The van der Waals surface area contributed by atoms with Gasteiger partial charge in [0.1, 0.15) is 6.04 Å². The lowest BCUT2D eigenvalue weighted by atomic mass is 10.1. The minimum atomic E-state index is -1.07. The fraction of sp³-hybridized carbons (Fsp3) is 0.667. The van der Waals surface area contributed by atoms with Crippen molar-refractivity contribution in [3.8, 4) is 0 Å². The molecule has 0 aromatic carbocycles. The largest absolute Gasteiger partial charge is 0.481 e. The highest BCUT2D eigenvalue weighted by atomic mass is 16.4. The number of amides is 2. The first-order chi connectivity index (χ1) is 7.38. The number of rotatable bonds is 7. The standard InChI is InChI=1S/C9H16N2O5/c1-5(4-12)9(16)11-6(8(10)15)2-3-7(13)14/h5-6,12H,2-4H2,1H3,(H2,10,15)(H,11,16)(H,13,14). The molecule has 0 aliphatic heterocycles. The Hall–Kier alpha value is -1.63. The van der Waals surface area contributed by atoms with Gasteiger partial charge in [-0.2, -0.15) is 0 Å². The van der Waals surface area contributed by atoms with Gasteiger partial charge in [0, 0.05) is 6.42 Å². The molecule has 7 heteroatoms. The van der Waals surface area contributed by atoms with Gasteiger partial charge in [0.15, 0.2) is 0 Å². The number of nitrogens with one attached hydrogen (secondary N) is 1. The van der Waals surface area contributed by atoms with E-state index < -0.39 is 29.7 Å². The van der Waals surface area contributed by atoms with Crippen LogP contribution in [0.4, 0.5) is 0 Å². The summed E-state index contributed by atoms with van der Waals surface area (Å²) in [5, 5.41) is 19.4. The van der Waals surface area contributed by atoms with Crippen molar-refractivity contribution in [1.29, 1.82) is 0 Å². The normalized spacial score (nSPS) is 13.9. The average molecular weight is 232 g/mol. The van der Waals surface area contributed by atoms with Gasteiger partial charge in [0.2, 0.25) is 11.8 Å². The van der Waals surface area contributed by atoms with Gasteiger partial charge < -0.3 is 21.3 Å². The maximum absolute atomic E-state index is 11.3. The molecule has 0 saturated heterocycles. The van der Waals surface area contributed by atoms with E-state index >= 15 is 0 Å². The van der Waals surface area contributed by atoms with Crippen LogP contribution in [-0.2, 0) is 14.4 Å². The molecular weight excluding hydrogens is 216 g/mol. The minimum Gasteiger partial charge on any atom is -0.481 e. The summed E-state index contributed by atoms with van der Waals surface area (Å²) in [6, 6.07) is -1.02. The SMILES string of the molecule is CC(CO)C(=O)NC(CCC(=O)O)C(N)=O. The lowest BCUT2D eigenvalue weighted by Crippen LogP contribution is -2.46. The zero-order valence-corrected chi connectivity index (χ0v) is 8.97. The van der Waals surface area contributed by atoms with E-state index in [-0.39, 0.29) is 19.4 Å². The monoisotopic (exact) mass is 232 g/mol. The number of aliphatic hydroxyl groups is 1. The lowest BCUT2D eigenvalue weighted by molar-refractivity contribution is -0.138. The van der Waals surface area contributed by atoms with Crippen molar-refractivity contribution in [2.75, 3.05) is 6.61 Å². The highest BCUT2D eigenvalue weighted by molar-refractivity contribution is 5.87. The number of hydrogen-bond donors (Lipinski definition) is 4. The predicted molar refractivity (Wildman–Crippen MR) is 54.2 cm³/mol. The maximum atomic E-state index is 11.3. The van der Waals surface area contributed by atoms with Crippen molar-refractivity contribution >= 4 is 17.8 Å². The molecule has 5 N–H and O–H groups in total. The molecule has 0 rings (SSSR count). The first-order valence-corrected chi connectivity index (χ1v) is 4.80. The third kappa shape index (κ3) is 5.30. The number of carbonyl (C=O) groups excluding carboxylic acids is 2. The van der Waals surface area contributed by atoms with Gasteiger partial charge in [-0.25, -0.2) is 0 Å². The molecule has 7 nitrogen and oxygen atoms in total. The summed E-state index contributed by atoms with van der Waals surface area (Å²) in [6.45, 7) is 1.13. The van der Waals surface area contributed by atoms with Crippen molar-refractivity contribution in [2.45, 2.75) is 25.8 Å². The van der Waals surface area contributed by atoms with E-state index in [0.717, 1.165) is 0 Å². The third-order valence-corrected chi connectivity index (χ3v) is 2.03. The molecule has 0 heterocycles. The minimum absolute atomic E-state index is 0.0610. The molecule has 0 aliphatic carbocycles. The van der Waals surface area contributed by atoms with Crippen LogP contribution in [-0.4, -0.2) is 40.6 Å². The molecule has 0 aliphatic rings. The van der Waals surface area contributed by atoms with Crippen LogP contribution in [0.15, 0.2) is 0 Å². The molecule has 0 aromatic rings. The second kappa shape index (κ2) is 6.78. The van der Waals surface area contributed by atoms with Crippen LogP contribution in [0.3, 0.4) is 0 Å². The molecule has 2 amide bonds. The Morgan fingerprint density at radius 3 is 2.31 bits per heavy atom. The van der Waals surface area contributed by atoms with E-state index in [1.807, 2.05) is 0 Å². The van der Waals surface area contributed by atoms with Crippen LogP contribution in [0, 0.1) is 5.92 Å². The molecule has 0 aromatic heterocycles. The van der Waals surface area contributed by atoms with Crippen LogP contribution < -0.4 is 11.1 Å². The highest BCUT2D eigenvalue weighted by Gasteiger charge is 2.21. The lowest BCUT2D eigenvalue weighted by Gasteiger charge is -2.16. The quantitative estimate of drug-likeness (QED) is 0.422. The average Bonchev–Trinajstić information content (AvgIpc) is 2.21. The summed E-state index contributed by atoms with van der Waals surface area (Å²) in [5.74, 6) is -3.06. The van der Waals surface area contributed by atoms with E-state index in [2.05, 4.69) is 5.32 Å². The Bertz CT molecular complexity index is 279. The first kappa shape index (κ1) is 14.4. The Balaban J connectivity index is 4.28. The number of carboxylic acid groups (broad SMARTS) is 1. The van der Waals surface area contributed by atoms with E-state index in [1.165, 1.54) is 6.92 Å². The molecule has 16 heavy (non-hydrogen) atoms. The summed E-state index contributed by atoms with van der Waals surface area (Å²) < 4.78 is 0. The van der Waals surface area contributed by atoms with Crippen LogP contribution in [0.2, 0.25) is 0 Å². The van der Waals surface area contributed by atoms with Crippen LogP contribution in [0.5, 0.6) is 0 Å². The topological polar surface area (TPSA) is 130 Å².